The number of rotatable bonds is 7. The first-order valence-electron chi connectivity index (χ1n) is 10.2. The van der Waals surface area contributed by atoms with E-state index >= 15 is 0 Å². The molecular weight excluding hydrogens is 388 g/mol. The molecule has 2 aliphatic rings. The molecule has 2 fully saturated rings. The maximum absolute atomic E-state index is 6.58. The molecule has 2 unspecified atom stereocenters. The van der Waals surface area contributed by atoms with Crippen LogP contribution in [0.3, 0.4) is 0 Å². The number of benzene rings is 1. The van der Waals surface area contributed by atoms with Gasteiger partial charge < -0.3 is 15.2 Å². The number of H-pyrrole nitrogens is 1. The molecule has 9 heteroatoms. The smallest absolute Gasteiger partial charge is 0.227 e. The van der Waals surface area contributed by atoms with E-state index in [9.17, 15) is 0 Å². The fourth-order valence-corrected chi connectivity index (χ4v) is 4.18. The van der Waals surface area contributed by atoms with E-state index in [4.69, 9.17) is 16.6 Å². The van der Waals surface area contributed by atoms with Gasteiger partial charge in [0.05, 0.1) is 23.0 Å². The molecule has 0 spiro atoms. The lowest BCUT2D eigenvalue weighted by Crippen LogP contribution is -2.37. The molecule has 152 valence electrons. The number of aromatic amines is 1. The Hall–Kier alpha value is -2.42. The first kappa shape index (κ1) is 18.6. The quantitative estimate of drug-likeness (QED) is 0.473. The van der Waals surface area contributed by atoms with Gasteiger partial charge in [-0.1, -0.05) is 17.7 Å². The van der Waals surface area contributed by atoms with Crippen molar-refractivity contribution in [3.8, 4) is 0 Å². The van der Waals surface area contributed by atoms with Crippen LogP contribution in [0.25, 0.3) is 11.0 Å². The van der Waals surface area contributed by atoms with Gasteiger partial charge in [-0.3, -0.25) is 5.43 Å². The molecule has 0 bridgehead atoms. The Bertz CT molecular complexity index is 1000. The summed E-state index contributed by atoms with van der Waals surface area (Å²) in [5.41, 5.74) is 9.47. The minimum absolute atomic E-state index is 0.176. The number of nitrogens with zero attached hydrogens (tertiary/aromatic N) is 4. The minimum atomic E-state index is 0.176. The third-order valence-electron chi connectivity index (χ3n) is 5.72. The lowest BCUT2D eigenvalue weighted by atomic mass is 10.1. The van der Waals surface area contributed by atoms with Crippen molar-refractivity contribution in [3.05, 3.63) is 41.3 Å². The highest BCUT2D eigenvalue weighted by atomic mass is 35.5. The zero-order valence-corrected chi connectivity index (χ0v) is 17.1. The second kappa shape index (κ2) is 7.78. The molecule has 1 aliphatic heterocycles. The second-order valence-corrected chi connectivity index (χ2v) is 8.14. The van der Waals surface area contributed by atoms with Crippen LogP contribution in [-0.2, 0) is 6.54 Å². The summed E-state index contributed by atoms with van der Waals surface area (Å²) in [6.07, 6.45) is 7.36. The topological polar surface area (TPSA) is 93.8 Å². The number of hydrogen-bond donors (Lipinski definition) is 4. The standard InChI is InChI=1S/C20H25ClN8/c1-2-29(10-13-5-6-14-19(18(13)21)24-11-23-14)20-22-8-7-16(26-20)25-17-9-15(27-28-17)12-3-4-12/h5-8,11-12,15,17,27-28H,2-4,9-10H2,1H3,(H,23,24)(H,22,25,26). The van der Waals surface area contributed by atoms with Crippen LogP contribution >= 0.6 is 11.6 Å². The zero-order valence-electron chi connectivity index (χ0n) is 16.3. The summed E-state index contributed by atoms with van der Waals surface area (Å²) in [4.78, 5) is 18.7. The van der Waals surface area contributed by atoms with Gasteiger partial charge in [0.1, 0.15) is 11.3 Å². The molecule has 0 radical (unpaired) electrons. The summed E-state index contributed by atoms with van der Waals surface area (Å²) in [6.45, 7) is 3.48. The van der Waals surface area contributed by atoms with E-state index < -0.39 is 0 Å². The monoisotopic (exact) mass is 412 g/mol. The van der Waals surface area contributed by atoms with Crippen LogP contribution in [0, 0.1) is 5.92 Å². The van der Waals surface area contributed by atoms with Crippen LogP contribution in [0.1, 0.15) is 31.7 Å². The lowest BCUT2D eigenvalue weighted by Gasteiger charge is -2.22. The number of nitrogens with one attached hydrogen (secondary N) is 4. The first-order valence-corrected chi connectivity index (χ1v) is 10.5. The minimum Gasteiger partial charge on any atom is -0.353 e. The predicted molar refractivity (Wildman–Crippen MR) is 115 cm³/mol. The third-order valence-corrected chi connectivity index (χ3v) is 6.15. The predicted octanol–water partition coefficient (Wildman–Crippen LogP) is 3.05. The average molecular weight is 413 g/mol. The van der Waals surface area contributed by atoms with Crippen molar-refractivity contribution in [3.63, 3.8) is 0 Å². The van der Waals surface area contributed by atoms with E-state index in [1.165, 1.54) is 12.8 Å². The van der Waals surface area contributed by atoms with Gasteiger partial charge >= 0.3 is 0 Å². The first-order chi connectivity index (χ1) is 14.2. The van der Waals surface area contributed by atoms with Crippen LogP contribution in [0.5, 0.6) is 0 Å². The van der Waals surface area contributed by atoms with Crippen molar-refractivity contribution in [2.24, 2.45) is 5.92 Å². The molecule has 1 saturated heterocycles. The number of halogens is 1. The molecule has 2 atom stereocenters. The molecule has 5 rings (SSSR count). The third kappa shape index (κ3) is 3.88. The zero-order chi connectivity index (χ0) is 19.8. The summed E-state index contributed by atoms with van der Waals surface area (Å²) in [6, 6.07) is 6.50. The number of hydrazine groups is 1. The van der Waals surface area contributed by atoms with Gasteiger partial charge in [-0.2, -0.15) is 4.98 Å². The lowest BCUT2D eigenvalue weighted by molar-refractivity contribution is 0.502. The highest BCUT2D eigenvalue weighted by Gasteiger charge is 2.36. The van der Waals surface area contributed by atoms with Crippen LogP contribution < -0.4 is 21.1 Å². The van der Waals surface area contributed by atoms with E-state index in [1.54, 1.807) is 12.5 Å². The average Bonchev–Trinajstić information content (AvgIpc) is 3.28. The van der Waals surface area contributed by atoms with Crippen molar-refractivity contribution in [1.29, 1.82) is 0 Å². The van der Waals surface area contributed by atoms with Gasteiger partial charge in [-0.25, -0.2) is 15.4 Å². The number of fused-ring (bicyclic) bond motifs is 1. The SMILES string of the molecule is CCN(Cc1ccc2[nH]cnc2c1Cl)c1nccc(NC2CC(C3CC3)NN2)n1. The van der Waals surface area contributed by atoms with Crippen molar-refractivity contribution in [2.45, 2.75) is 44.9 Å². The molecule has 0 amide bonds. The van der Waals surface area contributed by atoms with Crippen molar-refractivity contribution >= 4 is 34.4 Å². The van der Waals surface area contributed by atoms with Crippen LogP contribution in [0.15, 0.2) is 30.7 Å². The van der Waals surface area contributed by atoms with Crippen LogP contribution in [0.2, 0.25) is 5.02 Å². The van der Waals surface area contributed by atoms with Gasteiger partial charge in [0.15, 0.2) is 0 Å². The summed E-state index contributed by atoms with van der Waals surface area (Å²) in [5.74, 6) is 2.32. The normalized spacial score (nSPS) is 21.6. The molecule has 3 aromatic rings. The Morgan fingerprint density at radius 2 is 2.10 bits per heavy atom. The number of imidazole rings is 1. The molecule has 1 aliphatic carbocycles. The highest BCUT2D eigenvalue weighted by molar-refractivity contribution is 6.35. The van der Waals surface area contributed by atoms with E-state index in [0.29, 0.717) is 23.6 Å². The Morgan fingerprint density at radius 3 is 2.93 bits per heavy atom. The van der Waals surface area contributed by atoms with E-state index in [1.807, 2.05) is 18.2 Å². The van der Waals surface area contributed by atoms with E-state index in [-0.39, 0.29) is 6.17 Å². The number of anilines is 2. The Morgan fingerprint density at radius 1 is 1.21 bits per heavy atom. The largest absolute Gasteiger partial charge is 0.353 e. The van der Waals surface area contributed by atoms with Gasteiger partial charge in [-0.05, 0) is 49.8 Å². The van der Waals surface area contributed by atoms with Gasteiger partial charge in [0, 0.05) is 25.3 Å². The van der Waals surface area contributed by atoms with Gasteiger partial charge in [0.25, 0.3) is 0 Å². The van der Waals surface area contributed by atoms with E-state index in [2.05, 4.69) is 42.9 Å². The Kier molecular flexibility index (Phi) is 4.99. The molecular formula is C20H25ClN8. The second-order valence-electron chi connectivity index (χ2n) is 7.76. The Labute approximate surface area is 174 Å². The molecule has 4 N–H and O–H groups in total. The molecule has 29 heavy (non-hydrogen) atoms. The van der Waals surface area contributed by atoms with Crippen LogP contribution in [0.4, 0.5) is 11.8 Å². The molecule has 3 heterocycles. The van der Waals surface area contributed by atoms with Crippen molar-refractivity contribution in [2.75, 3.05) is 16.8 Å². The maximum Gasteiger partial charge on any atom is 0.227 e. The number of aromatic nitrogens is 4. The molecule has 2 aromatic heterocycles. The van der Waals surface area contributed by atoms with Crippen molar-refractivity contribution in [1.82, 2.24) is 30.8 Å². The number of hydrogen-bond acceptors (Lipinski definition) is 7. The van der Waals surface area contributed by atoms with Gasteiger partial charge in [0.2, 0.25) is 5.95 Å². The van der Waals surface area contributed by atoms with E-state index in [0.717, 1.165) is 41.3 Å². The highest BCUT2D eigenvalue weighted by Crippen LogP contribution is 2.35. The summed E-state index contributed by atoms with van der Waals surface area (Å²) in [7, 11) is 0. The maximum atomic E-state index is 6.58. The Balaban J connectivity index is 1.30. The van der Waals surface area contributed by atoms with Gasteiger partial charge in [-0.15, -0.1) is 0 Å². The molecule has 1 aromatic carbocycles. The summed E-state index contributed by atoms with van der Waals surface area (Å²) in [5, 5.41) is 4.15. The summed E-state index contributed by atoms with van der Waals surface area (Å²) >= 11 is 6.58. The molecule has 1 saturated carbocycles. The fraction of sp³-hybridized carbons (Fsp3) is 0.450. The molecule has 8 nitrogen and oxygen atoms in total. The van der Waals surface area contributed by atoms with Crippen LogP contribution in [-0.4, -0.2) is 38.7 Å². The van der Waals surface area contributed by atoms with Crippen molar-refractivity contribution < 1.29 is 0 Å². The fourth-order valence-electron chi connectivity index (χ4n) is 3.91. The summed E-state index contributed by atoms with van der Waals surface area (Å²) < 4.78 is 0.